The van der Waals surface area contributed by atoms with Crippen LogP contribution in [0.15, 0.2) is 23.1 Å². The van der Waals surface area contributed by atoms with Crippen LogP contribution >= 0.6 is 23.1 Å². The molecule has 7 heteroatoms. The maximum Gasteiger partial charge on any atom is 0.206 e. The Hall–Kier alpha value is -1.60. The zero-order chi connectivity index (χ0) is 17.0. The zero-order valence-electron chi connectivity index (χ0n) is 13.9. The summed E-state index contributed by atoms with van der Waals surface area (Å²) in [5.74, 6) is 0.504. The number of carbonyl (C=O) groups is 1. The Morgan fingerprint density at radius 3 is 2.83 bits per heavy atom. The van der Waals surface area contributed by atoms with E-state index in [1.54, 1.807) is 6.08 Å². The largest absolute Gasteiger partial charge is 0.357 e. The third kappa shape index (κ3) is 4.23. The van der Waals surface area contributed by atoms with Crippen molar-refractivity contribution in [2.24, 2.45) is 0 Å². The summed E-state index contributed by atoms with van der Waals surface area (Å²) < 4.78 is 2.99. The summed E-state index contributed by atoms with van der Waals surface area (Å²) in [7, 11) is 0. The lowest BCUT2D eigenvalue weighted by atomic mass is 10.2. The molecule has 0 amide bonds. The maximum absolute atomic E-state index is 12.5. The second-order valence-electron chi connectivity index (χ2n) is 5.50. The monoisotopic (exact) mass is 350 g/mol. The van der Waals surface area contributed by atoms with Gasteiger partial charge in [0, 0.05) is 29.5 Å². The van der Waals surface area contributed by atoms with Gasteiger partial charge in [-0.25, -0.2) is 0 Å². The Kier molecular flexibility index (Phi) is 6.01. The van der Waals surface area contributed by atoms with Crippen molar-refractivity contribution in [2.45, 2.75) is 38.1 Å². The molecule has 1 N–H and O–H groups in total. The van der Waals surface area contributed by atoms with Gasteiger partial charge in [-0.3, -0.25) is 4.79 Å². The Morgan fingerprint density at radius 1 is 1.48 bits per heavy atom. The molecule has 2 heterocycles. The standard InChI is InChI=1S/C16H22N4OS2/c1-6-7-17-15-18-19-16(23-15)22-9-14(21)13-8-11(4)20(10(2)3)12(13)5/h6,8,10H,1,7,9H2,2-5H3,(H,17,18). The summed E-state index contributed by atoms with van der Waals surface area (Å²) in [4.78, 5) is 12.5. The van der Waals surface area contributed by atoms with Crippen molar-refractivity contribution in [1.82, 2.24) is 14.8 Å². The molecule has 0 radical (unpaired) electrons. The lowest BCUT2D eigenvalue weighted by Crippen LogP contribution is -2.08. The summed E-state index contributed by atoms with van der Waals surface area (Å²) in [5, 5.41) is 12.0. The number of rotatable bonds is 8. The fourth-order valence-electron chi connectivity index (χ4n) is 2.56. The normalized spacial score (nSPS) is 11.0. The number of hydrogen-bond acceptors (Lipinski definition) is 6. The van der Waals surface area contributed by atoms with Gasteiger partial charge in [0.05, 0.1) is 5.75 Å². The molecule has 0 atom stereocenters. The number of aromatic nitrogens is 3. The number of carbonyl (C=O) groups excluding carboxylic acids is 1. The predicted molar refractivity (Wildman–Crippen MR) is 97.9 cm³/mol. The zero-order valence-corrected chi connectivity index (χ0v) is 15.6. The van der Waals surface area contributed by atoms with Crippen LogP contribution in [0.5, 0.6) is 0 Å². The van der Waals surface area contributed by atoms with Gasteiger partial charge in [0.15, 0.2) is 10.1 Å². The maximum atomic E-state index is 12.5. The van der Waals surface area contributed by atoms with Gasteiger partial charge in [0.25, 0.3) is 0 Å². The number of thioether (sulfide) groups is 1. The van der Waals surface area contributed by atoms with Crippen LogP contribution < -0.4 is 5.32 Å². The van der Waals surface area contributed by atoms with Crippen LogP contribution in [0.25, 0.3) is 0 Å². The molecular weight excluding hydrogens is 328 g/mol. The van der Waals surface area contributed by atoms with Crippen molar-refractivity contribution >= 4 is 34.0 Å². The fourth-order valence-corrected chi connectivity index (χ4v) is 4.20. The van der Waals surface area contributed by atoms with E-state index in [4.69, 9.17) is 0 Å². The van der Waals surface area contributed by atoms with E-state index in [1.807, 2.05) is 19.9 Å². The van der Waals surface area contributed by atoms with Gasteiger partial charge in [-0.1, -0.05) is 29.2 Å². The minimum absolute atomic E-state index is 0.130. The number of ketones is 1. The molecule has 0 saturated carbocycles. The average Bonchev–Trinajstić information content (AvgIpc) is 3.07. The van der Waals surface area contributed by atoms with E-state index in [1.165, 1.54) is 23.1 Å². The van der Waals surface area contributed by atoms with Crippen LogP contribution in [0.4, 0.5) is 5.13 Å². The van der Waals surface area contributed by atoms with E-state index in [2.05, 4.69) is 40.5 Å². The van der Waals surface area contributed by atoms with Crippen molar-refractivity contribution in [3.63, 3.8) is 0 Å². The second kappa shape index (κ2) is 7.79. The smallest absolute Gasteiger partial charge is 0.206 e. The Balaban J connectivity index is 2.01. The number of anilines is 1. The number of nitrogens with zero attached hydrogens (tertiary/aromatic N) is 3. The van der Waals surface area contributed by atoms with Crippen molar-refractivity contribution < 1.29 is 4.79 Å². The SMILES string of the molecule is C=CCNc1nnc(SCC(=O)c2cc(C)n(C(C)C)c2C)s1. The third-order valence-electron chi connectivity index (χ3n) is 3.43. The summed E-state index contributed by atoms with van der Waals surface area (Å²) >= 11 is 2.88. The van der Waals surface area contributed by atoms with Crippen LogP contribution in [0.2, 0.25) is 0 Å². The van der Waals surface area contributed by atoms with Crippen LogP contribution in [0.3, 0.4) is 0 Å². The van der Waals surface area contributed by atoms with Gasteiger partial charge in [0.1, 0.15) is 0 Å². The second-order valence-corrected chi connectivity index (χ2v) is 7.70. The van der Waals surface area contributed by atoms with Gasteiger partial charge in [-0.05, 0) is 33.8 Å². The minimum atomic E-state index is 0.130. The lowest BCUT2D eigenvalue weighted by molar-refractivity contribution is 0.102. The van der Waals surface area contributed by atoms with E-state index >= 15 is 0 Å². The first kappa shape index (κ1) is 17.7. The molecule has 0 saturated heterocycles. The van der Waals surface area contributed by atoms with Gasteiger partial charge in [0.2, 0.25) is 5.13 Å². The molecule has 2 aromatic rings. The van der Waals surface area contributed by atoms with Crippen LogP contribution in [-0.2, 0) is 0 Å². The number of hydrogen-bond donors (Lipinski definition) is 1. The first-order valence-corrected chi connectivity index (χ1v) is 9.27. The molecule has 0 aromatic carbocycles. The van der Waals surface area contributed by atoms with Gasteiger partial charge >= 0.3 is 0 Å². The van der Waals surface area contributed by atoms with E-state index in [0.29, 0.717) is 18.3 Å². The Morgan fingerprint density at radius 2 is 2.22 bits per heavy atom. The van der Waals surface area contributed by atoms with Crippen molar-refractivity contribution in [2.75, 3.05) is 17.6 Å². The first-order chi connectivity index (χ1) is 10.9. The number of nitrogens with one attached hydrogen (secondary N) is 1. The molecule has 0 aliphatic rings. The Bertz CT molecular complexity index is 703. The average molecular weight is 351 g/mol. The Labute approximate surface area is 145 Å². The fraction of sp³-hybridized carbons (Fsp3) is 0.438. The lowest BCUT2D eigenvalue weighted by Gasteiger charge is -2.13. The summed E-state index contributed by atoms with van der Waals surface area (Å²) in [6.07, 6.45) is 1.77. The highest BCUT2D eigenvalue weighted by molar-refractivity contribution is 8.01. The molecule has 5 nitrogen and oxygen atoms in total. The molecule has 0 unspecified atom stereocenters. The first-order valence-electron chi connectivity index (χ1n) is 7.46. The van der Waals surface area contributed by atoms with Crippen LogP contribution in [0.1, 0.15) is 41.6 Å². The van der Waals surface area contributed by atoms with Crippen LogP contribution in [-0.4, -0.2) is 32.8 Å². The molecular formula is C16H22N4OS2. The highest BCUT2D eigenvalue weighted by atomic mass is 32.2. The van der Waals surface area contributed by atoms with E-state index in [0.717, 1.165) is 26.4 Å². The molecule has 0 spiro atoms. The van der Waals surface area contributed by atoms with Gasteiger partial charge in [-0.15, -0.1) is 16.8 Å². The van der Waals surface area contributed by atoms with Gasteiger partial charge < -0.3 is 9.88 Å². The molecule has 0 bridgehead atoms. The molecule has 0 aliphatic carbocycles. The molecule has 124 valence electrons. The van der Waals surface area contributed by atoms with Crippen molar-refractivity contribution in [1.29, 1.82) is 0 Å². The third-order valence-corrected chi connectivity index (χ3v) is 5.45. The summed E-state index contributed by atoms with van der Waals surface area (Å²) in [5.41, 5.74) is 2.96. The molecule has 23 heavy (non-hydrogen) atoms. The molecule has 0 aliphatic heterocycles. The molecule has 2 aromatic heterocycles. The minimum Gasteiger partial charge on any atom is -0.357 e. The topological polar surface area (TPSA) is 59.8 Å². The number of Topliss-reactive ketones (excluding diaryl/α,β-unsaturated/α-hetero) is 1. The van der Waals surface area contributed by atoms with E-state index < -0.39 is 0 Å². The predicted octanol–water partition coefficient (Wildman–Crippen LogP) is 4.11. The highest BCUT2D eigenvalue weighted by Gasteiger charge is 2.18. The summed E-state index contributed by atoms with van der Waals surface area (Å²) in [6, 6.07) is 2.33. The summed E-state index contributed by atoms with van der Waals surface area (Å²) in [6.45, 7) is 12.6. The van der Waals surface area contributed by atoms with Crippen molar-refractivity contribution in [3.05, 3.63) is 35.7 Å². The molecule has 0 fully saturated rings. The van der Waals surface area contributed by atoms with E-state index in [9.17, 15) is 4.79 Å². The highest BCUT2D eigenvalue weighted by Crippen LogP contribution is 2.27. The molecule has 2 rings (SSSR count). The van der Waals surface area contributed by atoms with Crippen molar-refractivity contribution in [3.8, 4) is 0 Å². The van der Waals surface area contributed by atoms with E-state index in [-0.39, 0.29) is 5.78 Å². The van der Waals surface area contributed by atoms with Crippen LogP contribution in [0, 0.1) is 13.8 Å². The quantitative estimate of drug-likeness (QED) is 0.441. The number of aryl methyl sites for hydroxylation is 1. The van der Waals surface area contributed by atoms with Gasteiger partial charge in [-0.2, -0.15) is 0 Å².